The Hall–Kier alpha value is -2.91. The fraction of sp³-hybridized carbons (Fsp3) is 0.391. The van der Waals surface area contributed by atoms with Crippen molar-refractivity contribution < 1.29 is 22.7 Å². The molecule has 2 atom stereocenters. The van der Waals surface area contributed by atoms with Crippen LogP contribution in [0.1, 0.15) is 30.9 Å². The average Bonchev–Trinajstić information content (AvgIpc) is 2.76. The van der Waals surface area contributed by atoms with E-state index in [1.165, 1.54) is 10.4 Å². The molecule has 8 nitrogen and oxygen atoms in total. The number of anilines is 2. The molecule has 0 saturated carbocycles. The van der Waals surface area contributed by atoms with Crippen LogP contribution in [0.5, 0.6) is 5.75 Å². The van der Waals surface area contributed by atoms with E-state index in [2.05, 4.69) is 10.6 Å². The summed E-state index contributed by atoms with van der Waals surface area (Å²) in [6.45, 7) is 5.67. The maximum Gasteiger partial charge on any atom is 0.265 e. The summed E-state index contributed by atoms with van der Waals surface area (Å²) in [5.41, 5.74) is 2.65. The molecule has 0 unspecified atom stereocenters. The largest absolute Gasteiger partial charge is 0.479 e. The number of ether oxygens (including phenoxy) is 1. The maximum absolute atomic E-state index is 13.5. The van der Waals surface area contributed by atoms with Gasteiger partial charge in [0.1, 0.15) is 5.75 Å². The number of hydrogen-bond donors (Lipinski definition) is 2. The molecule has 4 rings (SSSR count). The first-order valence-electron chi connectivity index (χ1n) is 10.7. The Bertz CT molecular complexity index is 1180. The lowest BCUT2D eigenvalue weighted by Gasteiger charge is -2.32. The average molecular weight is 458 g/mol. The number of amides is 2. The smallest absolute Gasteiger partial charge is 0.265 e. The highest BCUT2D eigenvalue weighted by atomic mass is 32.2. The van der Waals surface area contributed by atoms with Gasteiger partial charge in [0.2, 0.25) is 15.9 Å². The second-order valence-electron chi connectivity index (χ2n) is 8.37. The number of fused-ring (bicyclic) bond motifs is 1. The molecule has 0 spiro atoms. The van der Waals surface area contributed by atoms with Crippen molar-refractivity contribution in [2.75, 3.05) is 23.7 Å². The van der Waals surface area contributed by atoms with Gasteiger partial charge < -0.3 is 15.4 Å². The predicted molar refractivity (Wildman–Crippen MR) is 121 cm³/mol. The molecule has 0 aliphatic carbocycles. The standard InChI is InChI=1S/C23H27N3O5S/c1-14-7-4-5-9-18(14)24-23(28)17-8-6-10-26(13-17)32(29,30)21-12-20-19(11-15(21)2)25-22(27)16(3)31-20/h4-5,7,9,11-12,16-17H,6,8,10,13H2,1-3H3,(H,24,28)(H,25,27)/t16-,17+/m1/s1. The third-order valence-electron chi connectivity index (χ3n) is 5.98. The summed E-state index contributed by atoms with van der Waals surface area (Å²) < 4.78 is 33.9. The van der Waals surface area contributed by atoms with Crippen molar-refractivity contribution in [3.63, 3.8) is 0 Å². The van der Waals surface area contributed by atoms with Gasteiger partial charge in [-0.3, -0.25) is 9.59 Å². The van der Waals surface area contributed by atoms with E-state index < -0.39 is 22.0 Å². The zero-order valence-corrected chi connectivity index (χ0v) is 19.2. The molecule has 2 aliphatic rings. The molecule has 32 heavy (non-hydrogen) atoms. The Morgan fingerprint density at radius 2 is 1.94 bits per heavy atom. The number of aryl methyl sites for hydroxylation is 2. The second kappa shape index (κ2) is 8.55. The molecule has 1 saturated heterocycles. The Kier molecular flexibility index (Phi) is 5.96. The molecule has 2 heterocycles. The van der Waals surface area contributed by atoms with Gasteiger partial charge in [-0.15, -0.1) is 0 Å². The van der Waals surface area contributed by atoms with Gasteiger partial charge in [-0.2, -0.15) is 4.31 Å². The lowest BCUT2D eigenvalue weighted by Crippen LogP contribution is -2.44. The Morgan fingerprint density at radius 1 is 1.19 bits per heavy atom. The molecule has 0 radical (unpaired) electrons. The fourth-order valence-corrected chi connectivity index (χ4v) is 5.83. The summed E-state index contributed by atoms with van der Waals surface area (Å²) in [4.78, 5) is 24.8. The lowest BCUT2D eigenvalue weighted by atomic mass is 9.98. The highest BCUT2D eigenvalue weighted by molar-refractivity contribution is 7.89. The van der Waals surface area contributed by atoms with Gasteiger partial charge in [0.05, 0.1) is 16.5 Å². The lowest BCUT2D eigenvalue weighted by molar-refractivity contribution is -0.123. The van der Waals surface area contributed by atoms with Crippen molar-refractivity contribution in [2.24, 2.45) is 5.92 Å². The SMILES string of the molecule is Cc1ccccc1NC(=O)[C@H]1CCCN(S(=O)(=O)c2cc3c(cc2C)NC(=O)[C@@H](C)O3)C1. The molecule has 2 aromatic carbocycles. The van der Waals surface area contributed by atoms with Crippen LogP contribution in [0.15, 0.2) is 41.3 Å². The number of rotatable bonds is 4. The zero-order chi connectivity index (χ0) is 23.0. The van der Waals surface area contributed by atoms with Gasteiger partial charge >= 0.3 is 0 Å². The Labute approximate surface area is 188 Å². The van der Waals surface area contributed by atoms with Crippen LogP contribution in [0.3, 0.4) is 0 Å². The fourth-order valence-electron chi connectivity index (χ4n) is 4.08. The van der Waals surface area contributed by atoms with Gasteiger partial charge in [0.15, 0.2) is 6.10 Å². The van der Waals surface area contributed by atoms with Crippen molar-refractivity contribution in [3.05, 3.63) is 47.5 Å². The van der Waals surface area contributed by atoms with Crippen molar-refractivity contribution in [1.82, 2.24) is 4.31 Å². The molecule has 0 bridgehead atoms. The summed E-state index contributed by atoms with van der Waals surface area (Å²) in [5, 5.41) is 5.67. The van der Waals surface area contributed by atoms with E-state index in [4.69, 9.17) is 4.74 Å². The normalized spacial score (nSPS) is 21.3. The third-order valence-corrected chi connectivity index (χ3v) is 7.99. The number of carbonyl (C=O) groups excluding carboxylic acids is 2. The van der Waals surface area contributed by atoms with Gasteiger partial charge in [0.25, 0.3) is 5.91 Å². The zero-order valence-electron chi connectivity index (χ0n) is 18.3. The monoisotopic (exact) mass is 457 g/mol. The number of para-hydroxylation sites is 1. The number of piperidine rings is 1. The molecule has 1 fully saturated rings. The number of benzene rings is 2. The molecule has 2 N–H and O–H groups in total. The van der Waals surface area contributed by atoms with Crippen LogP contribution in [0, 0.1) is 19.8 Å². The van der Waals surface area contributed by atoms with Crippen LogP contribution in [0.25, 0.3) is 0 Å². The molecule has 2 amide bonds. The summed E-state index contributed by atoms with van der Waals surface area (Å²) in [6, 6.07) is 10.6. The molecular weight excluding hydrogens is 430 g/mol. The third kappa shape index (κ3) is 4.22. The van der Waals surface area contributed by atoms with Crippen LogP contribution >= 0.6 is 0 Å². The number of carbonyl (C=O) groups is 2. The number of nitrogens with zero attached hydrogens (tertiary/aromatic N) is 1. The quantitative estimate of drug-likeness (QED) is 0.734. The van der Waals surface area contributed by atoms with Crippen molar-refractivity contribution in [1.29, 1.82) is 0 Å². The van der Waals surface area contributed by atoms with Gasteiger partial charge in [-0.05, 0) is 56.9 Å². The minimum absolute atomic E-state index is 0.116. The van der Waals surface area contributed by atoms with Gasteiger partial charge in [-0.25, -0.2) is 8.42 Å². The van der Waals surface area contributed by atoms with Crippen LogP contribution < -0.4 is 15.4 Å². The van der Waals surface area contributed by atoms with E-state index in [9.17, 15) is 18.0 Å². The minimum Gasteiger partial charge on any atom is -0.479 e. The first-order valence-corrected chi connectivity index (χ1v) is 12.1. The summed E-state index contributed by atoms with van der Waals surface area (Å²) >= 11 is 0. The minimum atomic E-state index is -3.84. The van der Waals surface area contributed by atoms with Crippen LogP contribution in [0.4, 0.5) is 11.4 Å². The van der Waals surface area contributed by atoms with Gasteiger partial charge in [-0.1, -0.05) is 18.2 Å². The molecular formula is C23H27N3O5S. The molecule has 9 heteroatoms. The highest BCUT2D eigenvalue weighted by Crippen LogP contribution is 2.36. The van der Waals surface area contributed by atoms with Crippen LogP contribution in [-0.4, -0.2) is 43.7 Å². The maximum atomic E-state index is 13.5. The van der Waals surface area contributed by atoms with E-state index in [1.807, 2.05) is 31.2 Å². The van der Waals surface area contributed by atoms with E-state index in [-0.39, 0.29) is 23.3 Å². The van der Waals surface area contributed by atoms with Crippen LogP contribution in [0.2, 0.25) is 0 Å². The van der Waals surface area contributed by atoms with E-state index in [1.54, 1.807) is 19.9 Å². The molecule has 2 aromatic rings. The topological polar surface area (TPSA) is 105 Å². The number of hydrogen-bond acceptors (Lipinski definition) is 5. The van der Waals surface area contributed by atoms with Gasteiger partial charge in [0, 0.05) is 24.8 Å². The van der Waals surface area contributed by atoms with E-state index in [0.29, 0.717) is 36.4 Å². The van der Waals surface area contributed by atoms with Crippen molar-refractivity contribution >= 4 is 33.2 Å². The van der Waals surface area contributed by atoms with E-state index >= 15 is 0 Å². The summed E-state index contributed by atoms with van der Waals surface area (Å²) in [7, 11) is -3.84. The van der Waals surface area contributed by atoms with Crippen molar-refractivity contribution in [3.8, 4) is 5.75 Å². The van der Waals surface area contributed by atoms with Crippen LogP contribution in [-0.2, 0) is 19.6 Å². The van der Waals surface area contributed by atoms with Crippen molar-refractivity contribution in [2.45, 2.75) is 44.6 Å². The number of nitrogens with one attached hydrogen (secondary N) is 2. The molecule has 2 aliphatic heterocycles. The van der Waals surface area contributed by atoms with E-state index in [0.717, 1.165) is 11.3 Å². The molecule has 170 valence electrons. The second-order valence-corrected chi connectivity index (χ2v) is 10.3. The summed E-state index contributed by atoms with van der Waals surface area (Å²) in [6.07, 6.45) is 0.517. The Morgan fingerprint density at radius 3 is 2.69 bits per heavy atom. The predicted octanol–water partition coefficient (Wildman–Crippen LogP) is 3.06. The first kappa shape index (κ1) is 22.3. The Balaban J connectivity index is 1.55. The first-order chi connectivity index (χ1) is 15.2. The summed E-state index contributed by atoms with van der Waals surface area (Å²) in [5.74, 6) is -0.564. The number of sulfonamides is 1. The highest BCUT2D eigenvalue weighted by Gasteiger charge is 2.35. The molecule has 0 aromatic heterocycles.